The molecular formula is C15H26N2O3S. The highest BCUT2D eigenvalue weighted by Crippen LogP contribution is 2.18. The zero-order valence-corrected chi connectivity index (χ0v) is 13.7. The minimum atomic E-state index is -3.48. The monoisotopic (exact) mass is 314 g/mol. The fourth-order valence-corrected chi connectivity index (χ4v) is 3.34. The molecule has 120 valence electrons. The summed E-state index contributed by atoms with van der Waals surface area (Å²) in [6.07, 6.45) is 2.80. The van der Waals surface area contributed by atoms with E-state index in [1.54, 1.807) is 19.1 Å². The summed E-state index contributed by atoms with van der Waals surface area (Å²) in [7, 11) is -3.48. The topological polar surface area (TPSA) is 81.4 Å². The van der Waals surface area contributed by atoms with E-state index in [1.807, 2.05) is 6.07 Å². The maximum absolute atomic E-state index is 12.3. The highest BCUT2D eigenvalue weighted by atomic mass is 32.2. The number of sulfonamides is 1. The van der Waals surface area contributed by atoms with Crippen LogP contribution in [0.5, 0.6) is 0 Å². The van der Waals surface area contributed by atoms with Crippen LogP contribution in [-0.2, 0) is 21.3 Å². The molecule has 0 aromatic heterocycles. The molecule has 21 heavy (non-hydrogen) atoms. The lowest BCUT2D eigenvalue weighted by molar-refractivity contribution is 0.130. The lowest BCUT2D eigenvalue weighted by atomic mass is 10.1. The van der Waals surface area contributed by atoms with Crippen molar-refractivity contribution in [2.24, 2.45) is 5.73 Å². The first-order valence-electron chi connectivity index (χ1n) is 7.39. The van der Waals surface area contributed by atoms with Crippen LogP contribution in [0.4, 0.5) is 0 Å². The van der Waals surface area contributed by atoms with Gasteiger partial charge in [0.15, 0.2) is 0 Å². The van der Waals surface area contributed by atoms with Crippen molar-refractivity contribution in [3.63, 3.8) is 0 Å². The van der Waals surface area contributed by atoms with E-state index in [1.165, 1.54) is 0 Å². The van der Waals surface area contributed by atoms with Crippen LogP contribution in [0.3, 0.4) is 0 Å². The van der Waals surface area contributed by atoms with E-state index < -0.39 is 10.0 Å². The SMILES string of the molecule is CCCCOCCCNS(=O)(=O)c1cccc(CN)c1C. The molecule has 6 heteroatoms. The summed E-state index contributed by atoms with van der Waals surface area (Å²) in [6, 6.07) is 5.17. The predicted molar refractivity (Wildman–Crippen MR) is 84.6 cm³/mol. The van der Waals surface area contributed by atoms with Crippen LogP contribution in [0.15, 0.2) is 23.1 Å². The lowest BCUT2D eigenvalue weighted by Gasteiger charge is -2.12. The van der Waals surface area contributed by atoms with Gasteiger partial charge in [0, 0.05) is 26.3 Å². The van der Waals surface area contributed by atoms with Crippen molar-refractivity contribution in [1.82, 2.24) is 4.72 Å². The second-order valence-electron chi connectivity index (χ2n) is 4.96. The zero-order valence-electron chi connectivity index (χ0n) is 12.9. The molecule has 0 bridgehead atoms. The Bertz CT molecular complexity index is 530. The molecule has 0 saturated heterocycles. The summed E-state index contributed by atoms with van der Waals surface area (Å²) < 4.78 is 32.5. The first-order valence-corrected chi connectivity index (χ1v) is 8.87. The van der Waals surface area contributed by atoms with Gasteiger partial charge in [-0.1, -0.05) is 25.5 Å². The first kappa shape index (κ1) is 18.1. The third kappa shape index (κ3) is 5.74. The standard InChI is InChI=1S/C15H26N2O3S/c1-3-4-10-20-11-6-9-17-21(18,19)15-8-5-7-14(12-16)13(15)2/h5,7-8,17H,3-4,6,9-12,16H2,1-2H3. The van der Waals surface area contributed by atoms with Gasteiger partial charge >= 0.3 is 0 Å². The van der Waals surface area contributed by atoms with Crippen LogP contribution in [0.2, 0.25) is 0 Å². The molecule has 0 radical (unpaired) electrons. The fourth-order valence-electron chi connectivity index (χ4n) is 1.98. The summed E-state index contributed by atoms with van der Waals surface area (Å²) in [5.74, 6) is 0. The maximum atomic E-state index is 12.3. The minimum absolute atomic E-state index is 0.303. The Morgan fingerprint density at radius 1 is 1.24 bits per heavy atom. The third-order valence-corrected chi connectivity index (χ3v) is 4.91. The molecule has 1 aromatic rings. The Balaban J connectivity index is 2.51. The second-order valence-corrected chi connectivity index (χ2v) is 6.70. The molecule has 0 aliphatic carbocycles. The molecule has 3 N–H and O–H groups in total. The first-order chi connectivity index (χ1) is 10.0. The van der Waals surface area contributed by atoms with E-state index in [0.717, 1.165) is 25.0 Å². The van der Waals surface area contributed by atoms with Gasteiger partial charge in [-0.05, 0) is 37.0 Å². The molecule has 0 amide bonds. The Labute approximate surface area is 127 Å². The van der Waals surface area contributed by atoms with E-state index in [-0.39, 0.29) is 0 Å². The summed E-state index contributed by atoms with van der Waals surface area (Å²) in [4.78, 5) is 0.303. The van der Waals surface area contributed by atoms with E-state index >= 15 is 0 Å². The molecule has 0 spiro atoms. The van der Waals surface area contributed by atoms with E-state index in [0.29, 0.717) is 36.6 Å². The third-order valence-electron chi connectivity index (χ3n) is 3.31. The number of hydrogen-bond donors (Lipinski definition) is 2. The van der Waals surface area contributed by atoms with E-state index in [4.69, 9.17) is 10.5 Å². The number of nitrogens with one attached hydrogen (secondary N) is 1. The van der Waals surface area contributed by atoms with Gasteiger partial charge in [-0.2, -0.15) is 0 Å². The summed E-state index contributed by atoms with van der Waals surface area (Å²) >= 11 is 0. The Morgan fingerprint density at radius 3 is 2.62 bits per heavy atom. The fraction of sp³-hybridized carbons (Fsp3) is 0.600. The van der Waals surface area contributed by atoms with Gasteiger partial charge in [-0.3, -0.25) is 0 Å². The second kappa shape index (κ2) is 9.15. The highest BCUT2D eigenvalue weighted by Gasteiger charge is 2.17. The van der Waals surface area contributed by atoms with E-state index in [9.17, 15) is 8.42 Å². The molecule has 5 nitrogen and oxygen atoms in total. The van der Waals surface area contributed by atoms with Crippen LogP contribution in [0.1, 0.15) is 37.3 Å². The maximum Gasteiger partial charge on any atom is 0.240 e. The molecule has 0 heterocycles. The minimum Gasteiger partial charge on any atom is -0.381 e. The van der Waals surface area contributed by atoms with Crippen LogP contribution < -0.4 is 10.5 Å². The van der Waals surface area contributed by atoms with Crippen molar-refractivity contribution in [1.29, 1.82) is 0 Å². The van der Waals surface area contributed by atoms with Gasteiger partial charge in [-0.15, -0.1) is 0 Å². The van der Waals surface area contributed by atoms with Gasteiger partial charge in [-0.25, -0.2) is 13.1 Å². The number of benzene rings is 1. The van der Waals surface area contributed by atoms with Crippen molar-refractivity contribution in [2.75, 3.05) is 19.8 Å². The summed E-state index contributed by atoms with van der Waals surface area (Å²) in [6.45, 7) is 5.91. The Hall–Kier alpha value is -0.950. The summed E-state index contributed by atoms with van der Waals surface area (Å²) in [5.41, 5.74) is 7.17. The number of unbranched alkanes of at least 4 members (excludes halogenated alkanes) is 1. The van der Waals surface area contributed by atoms with Crippen LogP contribution in [0, 0.1) is 6.92 Å². The van der Waals surface area contributed by atoms with Gasteiger partial charge in [0.05, 0.1) is 4.90 Å². The van der Waals surface area contributed by atoms with Gasteiger partial charge in [0.1, 0.15) is 0 Å². The van der Waals surface area contributed by atoms with Crippen LogP contribution in [0.25, 0.3) is 0 Å². The number of hydrogen-bond acceptors (Lipinski definition) is 4. The molecule has 0 unspecified atom stereocenters. The van der Waals surface area contributed by atoms with Crippen molar-refractivity contribution in [2.45, 2.75) is 44.6 Å². The van der Waals surface area contributed by atoms with Gasteiger partial charge < -0.3 is 10.5 Å². The predicted octanol–water partition coefficient (Wildman–Crippen LogP) is 1.94. The smallest absolute Gasteiger partial charge is 0.240 e. The molecule has 0 fully saturated rings. The number of nitrogens with two attached hydrogens (primary N) is 1. The molecule has 0 saturated carbocycles. The Kier molecular flexibility index (Phi) is 7.88. The van der Waals surface area contributed by atoms with E-state index in [2.05, 4.69) is 11.6 Å². The average Bonchev–Trinajstić information content (AvgIpc) is 2.46. The zero-order chi connectivity index (χ0) is 15.7. The molecule has 1 rings (SSSR count). The highest BCUT2D eigenvalue weighted by molar-refractivity contribution is 7.89. The average molecular weight is 314 g/mol. The lowest BCUT2D eigenvalue weighted by Crippen LogP contribution is -2.26. The van der Waals surface area contributed by atoms with Crippen molar-refractivity contribution >= 4 is 10.0 Å². The number of rotatable bonds is 10. The number of ether oxygens (including phenoxy) is 1. The largest absolute Gasteiger partial charge is 0.381 e. The van der Waals surface area contributed by atoms with Crippen LogP contribution >= 0.6 is 0 Å². The summed E-state index contributed by atoms with van der Waals surface area (Å²) in [5, 5.41) is 0. The Morgan fingerprint density at radius 2 is 1.95 bits per heavy atom. The van der Waals surface area contributed by atoms with Gasteiger partial charge in [0.2, 0.25) is 10.0 Å². The van der Waals surface area contributed by atoms with Crippen molar-refractivity contribution < 1.29 is 13.2 Å². The molecule has 1 aromatic carbocycles. The van der Waals surface area contributed by atoms with Gasteiger partial charge in [0.25, 0.3) is 0 Å². The van der Waals surface area contributed by atoms with Crippen molar-refractivity contribution in [3.05, 3.63) is 29.3 Å². The normalized spacial score (nSPS) is 11.8. The molecule has 0 aliphatic rings. The van der Waals surface area contributed by atoms with Crippen molar-refractivity contribution in [3.8, 4) is 0 Å². The quantitative estimate of drug-likeness (QED) is 0.647. The molecule has 0 aliphatic heterocycles. The molecule has 0 atom stereocenters. The molecular weight excluding hydrogens is 288 g/mol. The van der Waals surface area contributed by atoms with Crippen LogP contribution in [-0.4, -0.2) is 28.2 Å².